The first-order chi connectivity index (χ1) is 14.9. The van der Waals surface area contributed by atoms with Gasteiger partial charge < -0.3 is 10.2 Å². The highest BCUT2D eigenvalue weighted by Gasteiger charge is 2.30. The summed E-state index contributed by atoms with van der Waals surface area (Å²) in [5.74, 6) is -1.53. The van der Waals surface area contributed by atoms with E-state index >= 15 is 0 Å². The van der Waals surface area contributed by atoms with Crippen LogP contribution in [-0.4, -0.2) is 55.1 Å². The molecule has 0 saturated carbocycles. The molecular formula is C23H30FN3O4S. The Bertz CT molecular complexity index is 1060. The van der Waals surface area contributed by atoms with Gasteiger partial charge in [-0.05, 0) is 45.9 Å². The smallest absolute Gasteiger partial charge is 0.243 e. The molecule has 0 spiro atoms. The molecule has 0 aliphatic heterocycles. The predicted molar refractivity (Wildman–Crippen MR) is 121 cm³/mol. The molecule has 1 atom stereocenters. The average molecular weight is 464 g/mol. The molecule has 0 unspecified atom stereocenters. The van der Waals surface area contributed by atoms with Crippen molar-refractivity contribution in [1.29, 1.82) is 0 Å². The van der Waals surface area contributed by atoms with E-state index in [2.05, 4.69) is 5.32 Å². The second kappa shape index (κ2) is 10.7. The Morgan fingerprint density at radius 3 is 2.19 bits per heavy atom. The number of halogens is 1. The van der Waals surface area contributed by atoms with E-state index in [-0.39, 0.29) is 23.0 Å². The van der Waals surface area contributed by atoms with Gasteiger partial charge in [-0.1, -0.05) is 35.9 Å². The van der Waals surface area contributed by atoms with Gasteiger partial charge in [-0.2, -0.15) is 4.31 Å². The molecule has 0 radical (unpaired) electrons. The fraction of sp³-hybridized carbons (Fsp3) is 0.391. The van der Waals surface area contributed by atoms with Crippen LogP contribution in [0.3, 0.4) is 0 Å². The number of benzene rings is 2. The van der Waals surface area contributed by atoms with Crippen LogP contribution in [0.2, 0.25) is 0 Å². The van der Waals surface area contributed by atoms with Gasteiger partial charge in [0.2, 0.25) is 21.8 Å². The summed E-state index contributed by atoms with van der Waals surface area (Å²) >= 11 is 0. The third kappa shape index (κ3) is 6.37. The zero-order chi connectivity index (χ0) is 24.1. The van der Waals surface area contributed by atoms with E-state index < -0.39 is 40.2 Å². The van der Waals surface area contributed by atoms with Crippen LogP contribution in [0.15, 0.2) is 53.4 Å². The lowest BCUT2D eigenvalue weighted by molar-refractivity contribution is -0.140. The maximum Gasteiger partial charge on any atom is 0.243 e. The Balaban J connectivity index is 2.29. The number of carbonyl (C=O) groups excluding carboxylic acids is 2. The van der Waals surface area contributed by atoms with Crippen LogP contribution in [-0.2, 0) is 26.2 Å². The third-order valence-corrected chi connectivity index (χ3v) is 6.80. The van der Waals surface area contributed by atoms with E-state index in [1.165, 1.54) is 49.2 Å². The predicted octanol–water partition coefficient (Wildman–Crippen LogP) is 2.70. The Morgan fingerprint density at radius 2 is 1.62 bits per heavy atom. The van der Waals surface area contributed by atoms with Crippen LogP contribution in [0.1, 0.15) is 31.9 Å². The van der Waals surface area contributed by atoms with Crippen LogP contribution in [0, 0.1) is 12.7 Å². The van der Waals surface area contributed by atoms with E-state index in [1.807, 2.05) is 6.92 Å². The van der Waals surface area contributed by atoms with Crippen molar-refractivity contribution in [2.24, 2.45) is 0 Å². The van der Waals surface area contributed by atoms with Crippen molar-refractivity contribution in [2.45, 2.75) is 51.2 Å². The lowest BCUT2D eigenvalue weighted by Gasteiger charge is -2.31. The summed E-state index contributed by atoms with van der Waals surface area (Å²) in [5, 5.41) is 2.73. The van der Waals surface area contributed by atoms with E-state index in [1.54, 1.807) is 32.0 Å². The number of nitrogens with one attached hydrogen (secondary N) is 1. The molecule has 0 bridgehead atoms. The van der Waals surface area contributed by atoms with Crippen LogP contribution in [0.5, 0.6) is 0 Å². The molecule has 0 aromatic heterocycles. The summed E-state index contributed by atoms with van der Waals surface area (Å²) in [6.07, 6.45) is 0. The highest BCUT2D eigenvalue weighted by molar-refractivity contribution is 7.89. The van der Waals surface area contributed by atoms with Gasteiger partial charge >= 0.3 is 0 Å². The maximum atomic E-state index is 14.2. The monoisotopic (exact) mass is 463 g/mol. The van der Waals surface area contributed by atoms with Crippen molar-refractivity contribution >= 4 is 21.8 Å². The Labute approximate surface area is 189 Å². The second-order valence-corrected chi connectivity index (χ2v) is 10.1. The first-order valence-electron chi connectivity index (χ1n) is 10.3. The van der Waals surface area contributed by atoms with Gasteiger partial charge in [-0.25, -0.2) is 12.8 Å². The molecule has 7 nitrogen and oxygen atoms in total. The first kappa shape index (κ1) is 25.5. The normalized spacial score (nSPS) is 12.6. The van der Waals surface area contributed by atoms with Gasteiger partial charge in [-0.3, -0.25) is 9.59 Å². The Hall–Kier alpha value is -2.78. The molecule has 0 aliphatic rings. The van der Waals surface area contributed by atoms with Gasteiger partial charge in [0, 0.05) is 25.2 Å². The molecule has 1 N–H and O–H groups in total. The number of likely N-dealkylation sites (N-methyl/N-ethyl adjacent to an activating group) is 1. The number of amides is 2. The summed E-state index contributed by atoms with van der Waals surface area (Å²) in [6.45, 7) is 6.28. The minimum Gasteiger partial charge on any atom is -0.352 e. The standard InChI is InChI=1S/C23H30FN3O4S/c1-16(2)25-23(29)18(4)27(14-19-8-6-7-9-21(19)24)22(28)15-26(5)32(30,31)20-12-10-17(3)11-13-20/h6-13,16,18H,14-15H2,1-5H3,(H,25,29)/t18-/m1/s1. The second-order valence-electron chi connectivity index (χ2n) is 8.03. The highest BCUT2D eigenvalue weighted by Crippen LogP contribution is 2.17. The Morgan fingerprint density at radius 1 is 1.03 bits per heavy atom. The molecule has 2 aromatic carbocycles. The summed E-state index contributed by atoms with van der Waals surface area (Å²) < 4.78 is 40.9. The number of hydrogen-bond acceptors (Lipinski definition) is 4. The van der Waals surface area contributed by atoms with Crippen LogP contribution in [0.4, 0.5) is 4.39 Å². The molecule has 0 aliphatic carbocycles. The molecular weight excluding hydrogens is 433 g/mol. The van der Waals surface area contributed by atoms with E-state index in [0.29, 0.717) is 0 Å². The molecule has 0 heterocycles. The fourth-order valence-electron chi connectivity index (χ4n) is 3.05. The molecule has 9 heteroatoms. The number of hydrogen-bond donors (Lipinski definition) is 1. The molecule has 174 valence electrons. The van der Waals surface area contributed by atoms with Crippen molar-refractivity contribution in [3.05, 3.63) is 65.5 Å². The molecule has 2 aromatic rings. The summed E-state index contributed by atoms with van der Waals surface area (Å²) in [6, 6.07) is 11.2. The van der Waals surface area contributed by atoms with Gasteiger partial charge in [-0.15, -0.1) is 0 Å². The van der Waals surface area contributed by atoms with E-state index in [9.17, 15) is 22.4 Å². The summed E-state index contributed by atoms with van der Waals surface area (Å²) in [5.41, 5.74) is 1.14. The number of sulfonamides is 1. The molecule has 32 heavy (non-hydrogen) atoms. The third-order valence-electron chi connectivity index (χ3n) is 4.98. The molecule has 2 amide bonds. The Kier molecular flexibility index (Phi) is 8.51. The largest absolute Gasteiger partial charge is 0.352 e. The zero-order valence-electron chi connectivity index (χ0n) is 19.0. The summed E-state index contributed by atoms with van der Waals surface area (Å²) in [7, 11) is -2.62. The van der Waals surface area contributed by atoms with E-state index in [4.69, 9.17) is 0 Å². The SMILES string of the molecule is Cc1ccc(S(=O)(=O)N(C)CC(=O)N(Cc2ccccc2F)[C@H](C)C(=O)NC(C)C)cc1. The van der Waals surface area contributed by atoms with Crippen molar-refractivity contribution < 1.29 is 22.4 Å². The minimum atomic E-state index is -3.92. The van der Waals surface area contributed by atoms with Gasteiger partial charge in [0.15, 0.2) is 0 Å². The van der Waals surface area contributed by atoms with Crippen molar-refractivity contribution in [2.75, 3.05) is 13.6 Å². The highest BCUT2D eigenvalue weighted by atomic mass is 32.2. The quantitative estimate of drug-likeness (QED) is 0.620. The number of rotatable bonds is 9. The van der Waals surface area contributed by atoms with Gasteiger partial charge in [0.1, 0.15) is 11.9 Å². The molecule has 2 rings (SSSR count). The van der Waals surface area contributed by atoms with Crippen molar-refractivity contribution in [3.8, 4) is 0 Å². The fourth-order valence-corrected chi connectivity index (χ4v) is 4.17. The van der Waals surface area contributed by atoms with Gasteiger partial charge in [0.05, 0.1) is 11.4 Å². The topological polar surface area (TPSA) is 86.8 Å². The molecule has 0 fully saturated rings. The summed E-state index contributed by atoms with van der Waals surface area (Å²) in [4.78, 5) is 27.0. The van der Waals surface area contributed by atoms with Crippen LogP contribution < -0.4 is 5.32 Å². The van der Waals surface area contributed by atoms with Gasteiger partial charge in [0.25, 0.3) is 0 Å². The number of aryl methyl sites for hydroxylation is 1. The average Bonchev–Trinajstić information content (AvgIpc) is 2.72. The van der Waals surface area contributed by atoms with Crippen molar-refractivity contribution in [3.63, 3.8) is 0 Å². The number of carbonyl (C=O) groups is 2. The lowest BCUT2D eigenvalue weighted by atomic mass is 10.1. The zero-order valence-corrected chi connectivity index (χ0v) is 19.8. The minimum absolute atomic E-state index is 0.0599. The van der Waals surface area contributed by atoms with Crippen LogP contribution >= 0.6 is 0 Å². The number of nitrogens with zero attached hydrogens (tertiary/aromatic N) is 2. The van der Waals surface area contributed by atoms with Crippen molar-refractivity contribution in [1.82, 2.24) is 14.5 Å². The lowest BCUT2D eigenvalue weighted by Crippen LogP contribution is -2.51. The first-order valence-corrected chi connectivity index (χ1v) is 11.7. The van der Waals surface area contributed by atoms with E-state index in [0.717, 1.165) is 9.87 Å². The maximum absolute atomic E-state index is 14.2. The van der Waals surface area contributed by atoms with Crippen LogP contribution in [0.25, 0.3) is 0 Å². The molecule has 0 saturated heterocycles.